The zero-order valence-corrected chi connectivity index (χ0v) is 9.52. The Bertz CT molecular complexity index is 205. The molecule has 0 atom stereocenters. The molecule has 0 aromatic heterocycles. The van der Waals surface area contributed by atoms with Crippen LogP contribution in [0.15, 0.2) is 12.7 Å². The van der Waals surface area contributed by atoms with Crippen molar-refractivity contribution < 1.29 is 13.2 Å². The van der Waals surface area contributed by atoms with Crippen LogP contribution in [0.2, 0.25) is 0 Å². The average Bonchev–Trinajstić information content (AvgIpc) is 2.24. The number of unbranched alkanes of at least 4 members (excludes halogenated alkanes) is 1. The van der Waals surface area contributed by atoms with Crippen molar-refractivity contribution in [3.8, 4) is 0 Å². The molecular weight excluding hydrogens is 215 g/mol. The number of hydrogen-bond acceptors (Lipinski definition) is 1. The Morgan fingerprint density at radius 1 is 1.19 bits per heavy atom. The van der Waals surface area contributed by atoms with Crippen LogP contribution in [0.5, 0.6) is 0 Å². The molecule has 0 aliphatic heterocycles. The number of hydrogen-bond donors (Lipinski definition) is 1. The second-order valence-electron chi connectivity index (χ2n) is 4.48. The summed E-state index contributed by atoms with van der Waals surface area (Å²) in [5.74, 6) is -1.07. The lowest BCUT2D eigenvalue weighted by atomic mass is 9.85. The predicted molar refractivity (Wildman–Crippen MR) is 59.2 cm³/mol. The van der Waals surface area contributed by atoms with Gasteiger partial charge in [0.25, 0.3) is 0 Å². The van der Waals surface area contributed by atoms with Crippen molar-refractivity contribution in [2.45, 2.75) is 50.7 Å². The zero-order chi connectivity index (χ0) is 12.0. The fourth-order valence-corrected chi connectivity index (χ4v) is 2.18. The summed E-state index contributed by atoms with van der Waals surface area (Å²) in [6.45, 7) is 4.51. The van der Waals surface area contributed by atoms with Crippen LogP contribution in [0, 0.1) is 5.92 Å². The lowest BCUT2D eigenvalue weighted by Gasteiger charge is -2.30. The monoisotopic (exact) mass is 235 g/mol. The molecule has 4 heteroatoms. The maximum atomic E-state index is 12.4. The van der Waals surface area contributed by atoms with Crippen molar-refractivity contribution in [3.63, 3.8) is 0 Å². The van der Waals surface area contributed by atoms with Crippen molar-refractivity contribution in [1.82, 2.24) is 5.32 Å². The minimum Gasteiger partial charge on any atom is -0.314 e. The smallest absolute Gasteiger partial charge is 0.314 e. The highest BCUT2D eigenvalue weighted by atomic mass is 19.4. The quantitative estimate of drug-likeness (QED) is 0.566. The van der Waals surface area contributed by atoms with Gasteiger partial charge in [0.05, 0.1) is 5.92 Å². The third-order valence-electron chi connectivity index (χ3n) is 3.21. The van der Waals surface area contributed by atoms with E-state index in [0.717, 1.165) is 19.4 Å². The van der Waals surface area contributed by atoms with Gasteiger partial charge in [0, 0.05) is 6.04 Å². The molecule has 0 spiro atoms. The molecule has 1 rings (SSSR count). The van der Waals surface area contributed by atoms with Gasteiger partial charge in [0.2, 0.25) is 0 Å². The maximum Gasteiger partial charge on any atom is 0.391 e. The topological polar surface area (TPSA) is 12.0 Å². The summed E-state index contributed by atoms with van der Waals surface area (Å²) in [6, 6.07) is 0.281. The first-order valence-corrected chi connectivity index (χ1v) is 5.95. The van der Waals surface area contributed by atoms with E-state index in [4.69, 9.17) is 0 Å². The first kappa shape index (κ1) is 13.6. The Balaban J connectivity index is 2.14. The average molecular weight is 235 g/mol. The van der Waals surface area contributed by atoms with E-state index in [9.17, 15) is 13.2 Å². The molecule has 0 heterocycles. The minimum atomic E-state index is -3.99. The number of allylic oxidation sites excluding steroid dienone is 1. The van der Waals surface area contributed by atoms with Gasteiger partial charge in [-0.2, -0.15) is 13.2 Å². The molecule has 1 N–H and O–H groups in total. The van der Waals surface area contributed by atoms with Gasteiger partial charge in [0.15, 0.2) is 0 Å². The van der Waals surface area contributed by atoms with Crippen LogP contribution in [0.3, 0.4) is 0 Å². The SMILES string of the molecule is C=CCCCNC1CCC(C(F)(F)F)CC1. The van der Waals surface area contributed by atoms with E-state index < -0.39 is 12.1 Å². The molecule has 16 heavy (non-hydrogen) atoms. The number of nitrogens with one attached hydrogen (secondary N) is 1. The van der Waals surface area contributed by atoms with E-state index in [1.807, 2.05) is 6.08 Å². The number of alkyl halides is 3. The molecule has 0 saturated heterocycles. The normalized spacial score (nSPS) is 26.7. The van der Waals surface area contributed by atoms with Crippen molar-refractivity contribution in [2.75, 3.05) is 6.54 Å². The van der Waals surface area contributed by atoms with Gasteiger partial charge in [-0.3, -0.25) is 0 Å². The van der Waals surface area contributed by atoms with Crippen LogP contribution in [0.25, 0.3) is 0 Å². The third kappa shape index (κ3) is 4.56. The molecule has 94 valence electrons. The van der Waals surface area contributed by atoms with Gasteiger partial charge in [-0.15, -0.1) is 6.58 Å². The second kappa shape index (κ2) is 6.28. The highest BCUT2D eigenvalue weighted by Crippen LogP contribution is 2.37. The molecular formula is C12H20F3N. The molecule has 0 aromatic carbocycles. The summed E-state index contributed by atoms with van der Waals surface area (Å²) < 4.78 is 37.2. The zero-order valence-electron chi connectivity index (χ0n) is 9.52. The van der Waals surface area contributed by atoms with E-state index in [1.54, 1.807) is 0 Å². The van der Waals surface area contributed by atoms with E-state index in [-0.39, 0.29) is 18.9 Å². The minimum absolute atomic E-state index is 0.280. The molecule has 1 aliphatic rings. The van der Waals surface area contributed by atoms with Crippen LogP contribution in [0.1, 0.15) is 38.5 Å². The first-order chi connectivity index (χ1) is 7.54. The molecule has 0 bridgehead atoms. The first-order valence-electron chi connectivity index (χ1n) is 5.95. The third-order valence-corrected chi connectivity index (χ3v) is 3.21. The van der Waals surface area contributed by atoms with Crippen LogP contribution in [-0.4, -0.2) is 18.8 Å². The summed E-state index contributed by atoms with van der Waals surface area (Å²) in [4.78, 5) is 0. The van der Waals surface area contributed by atoms with Gasteiger partial charge in [0.1, 0.15) is 0 Å². The Morgan fingerprint density at radius 3 is 2.31 bits per heavy atom. The van der Waals surface area contributed by atoms with Crippen LogP contribution in [-0.2, 0) is 0 Å². The lowest BCUT2D eigenvalue weighted by molar-refractivity contribution is -0.182. The molecule has 1 saturated carbocycles. The Hall–Kier alpha value is -0.510. The van der Waals surface area contributed by atoms with Crippen molar-refractivity contribution in [3.05, 3.63) is 12.7 Å². The number of rotatable bonds is 5. The molecule has 1 nitrogen and oxygen atoms in total. The maximum absolute atomic E-state index is 12.4. The summed E-state index contributed by atoms with van der Waals surface area (Å²) >= 11 is 0. The van der Waals surface area contributed by atoms with Gasteiger partial charge in [-0.05, 0) is 45.1 Å². The second-order valence-corrected chi connectivity index (χ2v) is 4.48. The van der Waals surface area contributed by atoms with Gasteiger partial charge < -0.3 is 5.32 Å². The highest BCUT2D eigenvalue weighted by molar-refractivity contribution is 4.80. The lowest BCUT2D eigenvalue weighted by Crippen LogP contribution is -2.37. The number of halogens is 3. The largest absolute Gasteiger partial charge is 0.391 e. The predicted octanol–water partition coefficient (Wildman–Crippen LogP) is 3.66. The fourth-order valence-electron chi connectivity index (χ4n) is 2.18. The van der Waals surface area contributed by atoms with E-state index >= 15 is 0 Å². The highest BCUT2D eigenvalue weighted by Gasteiger charge is 2.41. The molecule has 1 fully saturated rings. The fraction of sp³-hybridized carbons (Fsp3) is 0.833. The molecule has 0 aromatic rings. The van der Waals surface area contributed by atoms with Crippen molar-refractivity contribution in [1.29, 1.82) is 0 Å². The molecule has 0 unspecified atom stereocenters. The molecule has 0 radical (unpaired) electrons. The molecule has 0 amide bonds. The van der Waals surface area contributed by atoms with Gasteiger partial charge >= 0.3 is 6.18 Å². The van der Waals surface area contributed by atoms with E-state index in [1.165, 1.54) is 0 Å². The van der Waals surface area contributed by atoms with Crippen molar-refractivity contribution in [2.24, 2.45) is 5.92 Å². The van der Waals surface area contributed by atoms with E-state index in [2.05, 4.69) is 11.9 Å². The Morgan fingerprint density at radius 2 is 1.81 bits per heavy atom. The summed E-state index contributed by atoms with van der Waals surface area (Å²) in [5, 5.41) is 3.31. The van der Waals surface area contributed by atoms with Gasteiger partial charge in [-0.1, -0.05) is 6.08 Å². The summed E-state index contributed by atoms with van der Waals surface area (Å²) in [7, 11) is 0. The van der Waals surface area contributed by atoms with Crippen LogP contribution >= 0.6 is 0 Å². The van der Waals surface area contributed by atoms with Crippen LogP contribution < -0.4 is 5.32 Å². The van der Waals surface area contributed by atoms with Crippen molar-refractivity contribution >= 4 is 0 Å². The summed E-state index contributed by atoms with van der Waals surface area (Å²) in [5.41, 5.74) is 0. The summed E-state index contributed by atoms with van der Waals surface area (Å²) in [6.07, 6.45) is 1.71. The Labute approximate surface area is 95.1 Å². The Kier molecular flexibility index (Phi) is 5.32. The molecule has 1 aliphatic carbocycles. The van der Waals surface area contributed by atoms with Gasteiger partial charge in [-0.25, -0.2) is 0 Å². The van der Waals surface area contributed by atoms with E-state index in [0.29, 0.717) is 12.8 Å². The standard InChI is InChI=1S/C12H20F3N/c1-2-3-4-9-16-11-7-5-10(6-8-11)12(13,14)15/h2,10-11,16H,1,3-9H2. The van der Waals surface area contributed by atoms with Crippen LogP contribution in [0.4, 0.5) is 13.2 Å².